The lowest BCUT2D eigenvalue weighted by molar-refractivity contribution is -0.647. The SMILES string of the molecule is CC(=O)N(C=Cc1n(CCCS(=O)(=O)[O-])c2cc(C(F)(F)F)ccc2[n+]1C)c1ccccc1. The van der Waals surface area contributed by atoms with Crippen LogP contribution in [0, 0.1) is 0 Å². The second kappa shape index (κ2) is 9.36. The van der Waals surface area contributed by atoms with Crippen LogP contribution in [0.3, 0.4) is 0 Å². The molecule has 0 spiro atoms. The van der Waals surface area contributed by atoms with Crippen LogP contribution >= 0.6 is 0 Å². The first-order valence-corrected chi connectivity index (χ1v) is 11.5. The zero-order chi connectivity index (χ0) is 24.4. The quantitative estimate of drug-likeness (QED) is 0.382. The number of imidazole rings is 1. The molecule has 0 atom stereocenters. The molecule has 176 valence electrons. The number of halogens is 3. The highest BCUT2D eigenvalue weighted by molar-refractivity contribution is 7.85. The van der Waals surface area contributed by atoms with Gasteiger partial charge in [-0.25, -0.2) is 17.6 Å². The first-order valence-electron chi connectivity index (χ1n) is 9.94. The molecule has 2 aromatic carbocycles. The topological polar surface area (TPSA) is 86.3 Å². The fraction of sp³-hybridized carbons (Fsp3) is 0.273. The Kier molecular flexibility index (Phi) is 6.94. The number of aryl methyl sites for hydroxylation is 2. The Morgan fingerprint density at radius 2 is 1.85 bits per heavy atom. The van der Waals surface area contributed by atoms with Crippen LogP contribution in [-0.2, 0) is 34.7 Å². The third-order valence-electron chi connectivity index (χ3n) is 5.10. The summed E-state index contributed by atoms with van der Waals surface area (Å²) in [5.74, 6) is -0.503. The van der Waals surface area contributed by atoms with Crippen molar-refractivity contribution < 1.29 is 35.5 Å². The fourth-order valence-electron chi connectivity index (χ4n) is 3.57. The van der Waals surface area contributed by atoms with E-state index in [4.69, 9.17) is 0 Å². The fourth-order valence-corrected chi connectivity index (χ4v) is 4.05. The molecule has 0 saturated carbocycles. The molecular formula is C22H22F3N3O4S. The summed E-state index contributed by atoms with van der Waals surface area (Å²) in [5.41, 5.74) is 0.449. The summed E-state index contributed by atoms with van der Waals surface area (Å²) in [6.45, 7) is 1.37. The normalized spacial score (nSPS) is 12.5. The second-order valence-corrected chi connectivity index (χ2v) is 8.95. The molecule has 11 heteroatoms. The number of carbonyl (C=O) groups is 1. The number of fused-ring (bicyclic) bond motifs is 1. The Bertz CT molecular complexity index is 1300. The molecule has 0 bridgehead atoms. The molecule has 1 amide bonds. The highest BCUT2D eigenvalue weighted by Gasteiger charge is 2.33. The zero-order valence-corrected chi connectivity index (χ0v) is 18.7. The van der Waals surface area contributed by atoms with Crippen molar-refractivity contribution in [1.29, 1.82) is 0 Å². The molecule has 0 aliphatic carbocycles. The summed E-state index contributed by atoms with van der Waals surface area (Å²) in [7, 11) is -2.83. The molecular weight excluding hydrogens is 459 g/mol. The van der Waals surface area contributed by atoms with Crippen molar-refractivity contribution in [2.24, 2.45) is 7.05 Å². The van der Waals surface area contributed by atoms with E-state index < -0.39 is 27.6 Å². The van der Waals surface area contributed by atoms with E-state index in [0.717, 1.165) is 12.1 Å². The third kappa shape index (κ3) is 5.79. The molecule has 3 rings (SSSR count). The number of hydrogen-bond acceptors (Lipinski definition) is 4. The Labute approximate surface area is 189 Å². The van der Waals surface area contributed by atoms with E-state index >= 15 is 0 Å². The van der Waals surface area contributed by atoms with Crippen LogP contribution in [0.4, 0.5) is 18.9 Å². The summed E-state index contributed by atoms with van der Waals surface area (Å²) >= 11 is 0. The number of amides is 1. The van der Waals surface area contributed by atoms with Crippen LogP contribution < -0.4 is 9.47 Å². The average Bonchev–Trinajstić information content (AvgIpc) is 2.98. The summed E-state index contributed by atoms with van der Waals surface area (Å²) in [6, 6.07) is 12.1. The Balaban J connectivity index is 2.12. The number of aromatic nitrogens is 2. The Morgan fingerprint density at radius 3 is 2.42 bits per heavy atom. The van der Waals surface area contributed by atoms with Crippen LogP contribution in [0.15, 0.2) is 54.7 Å². The molecule has 3 aromatic rings. The van der Waals surface area contributed by atoms with Crippen molar-refractivity contribution in [2.75, 3.05) is 10.7 Å². The van der Waals surface area contributed by atoms with Gasteiger partial charge in [0.2, 0.25) is 5.91 Å². The number of alkyl halides is 3. The molecule has 0 aliphatic rings. The summed E-state index contributed by atoms with van der Waals surface area (Å²) < 4.78 is 76.1. The number of nitrogens with zero attached hydrogens (tertiary/aromatic N) is 3. The molecule has 0 aliphatic heterocycles. The van der Waals surface area contributed by atoms with E-state index in [0.29, 0.717) is 17.0 Å². The molecule has 0 N–H and O–H groups in total. The summed E-state index contributed by atoms with van der Waals surface area (Å²) in [5, 5.41) is 0. The van der Waals surface area contributed by atoms with E-state index in [-0.39, 0.29) is 24.4 Å². The highest BCUT2D eigenvalue weighted by Crippen LogP contribution is 2.31. The second-order valence-electron chi connectivity index (χ2n) is 7.43. The van der Waals surface area contributed by atoms with Crippen LogP contribution in [-0.4, -0.2) is 29.2 Å². The summed E-state index contributed by atoms with van der Waals surface area (Å²) in [6.07, 6.45) is -1.58. The average molecular weight is 481 g/mol. The summed E-state index contributed by atoms with van der Waals surface area (Å²) in [4.78, 5) is 13.6. The van der Waals surface area contributed by atoms with E-state index in [2.05, 4.69) is 0 Å². The number of hydrogen-bond donors (Lipinski definition) is 0. The van der Waals surface area contributed by atoms with Crippen molar-refractivity contribution in [3.63, 3.8) is 0 Å². The van der Waals surface area contributed by atoms with Gasteiger partial charge in [-0.05, 0) is 30.7 Å². The minimum atomic E-state index is -4.56. The standard InChI is InChI=1S/C22H22F3N3O4S/c1-16(29)27(18-7-4-3-5-8-18)13-11-21-26(2)19-10-9-17(22(23,24)25)15-20(19)28(21)12-6-14-33(30,31)32/h3-5,7-11,13,15H,6,12,14H2,1-2H3. The van der Waals surface area contributed by atoms with Gasteiger partial charge in [0.25, 0.3) is 5.82 Å². The first-order chi connectivity index (χ1) is 15.4. The predicted octanol–water partition coefficient (Wildman–Crippen LogP) is 3.44. The largest absolute Gasteiger partial charge is 0.748 e. The monoisotopic (exact) mass is 481 g/mol. The molecule has 0 saturated heterocycles. The molecule has 7 nitrogen and oxygen atoms in total. The smallest absolute Gasteiger partial charge is 0.416 e. The van der Waals surface area contributed by atoms with Gasteiger partial charge < -0.3 is 4.55 Å². The predicted molar refractivity (Wildman–Crippen MR) is 116 cm³/mol. The first kappa shape index (κ1) is 24.5. The number of benzene rings is 2. The lowest BCUT2D eigenvalue weighted by Crippen LogP contribution is -2.31. The van der Waals surface area contributed by atoms with E-state index in [1.54, 1.807) is 48.0 Å². The van der Waals surface area contributed by atoms with Gasteiger partial charge >= 0.3 is 6.18 Å². The van der Waals surface area contributed by atoms with Gasteiger partial charge in [0.05, 0.1) is 29.3 Å². The van der Waals surface area contributed by atoms with Crippen LogP contribution in [0.5, 0.6) is 0 Å². The molecule has 1 heterocycles. The van der Waals surface area contributed by atoms with Gasteiger partial charge in [0, 0.05) is 36.7 Å². The molecule has 0 radical (unpaired) electrons. The number of para-hydroxylation sites is 1. The third-order valence-corrected chi connectivity index (χ3v) is 5.89. The molecule has 0 fully saturated rings. The van der Waals surface area contributed by atoms with E-state index in [1.165, 1.54) is 28.7 Å². The maximum absolute atomic E-state index is 13.3. The van der Waals surface area contributed by atoms with Crippen molar-refractivity contribution in [3.05, 3.63) is 66.1 Å². The van der Waals surface area contributed by atoms with Crippen LogP contribution in [0.25, 0.3) is 17.1 Å². The van der Waals surface area contributed by atoms with Crippen LogP contribution in [0.2, 0.25) is 0 Å². The van der Waals surface area contributed by atoms with Crippen LogP contribution in [0.1, 0.15) is 24.7 Å². The van der Waals surface area contributed by atoms with Gasteiger partial charge in [-0.2, -0.15) is 13.2 Å². The maximum Gasteiger partial charge on any atom is 0.416 e. The lowest BCUT2D eigenvalue weighted by atomic mass is 10.2. The van der Waals surface area contributed by atoms with Gasteiger partial charge in [-0.15, -0.1) is 0 Å². The van der Waals surface area contributed by atoms with Crippen molar-refractivity contribution >= 4 is 38.8 Å². The van der Waals surface area contributed by atoms with Gasteiger partial charge in [0.1, 0.15) is 0 Å². The van der Waals surface area contributed by atoms with Gasteiger partial charge in [-0.1, -0.05) is 18.2 Å². The van der Waals surface area contributed by atoms with E-state index in [1.807, 2.05) is 0 Å². The maximum atomic E-state index is 13.3. The van der Waals surface area contributed by atoms with Gasteiger partial charge in [0.15, 0.2) is 11.0 Å². The molecule has 33 heavy (non-hydrogen) atoms. The number of rotatable bonds is 7. The number of carbonyl (C=O) groups excluding carboxylic acids is 1. The van der Waals surface area contributed by atoms with E-state index in [9.17, 15) is 30.9 Å². The lowest BCUT2D eigenvalue weighted by Gasteiger charge is -2.15. The Morgan fingerprint density at radius 1 is 1.18 bits per heavy atom. The van der Waals surface area contributed by atoms with Gasteiger partial charge in [-0.3, -0.25) is 9.69 Å². The minimum Gasteiger partial charge on any atom is -0.748 e. The highest BCUT2D eigenvalue weighted by atomic mass is 32.2. The zero-order valence-electron chi connectivity index (χ0n) is 17.9. The minimum absolute atomic E-state index is 0.00873. The van der Waals surface area contributed by atoms with Crippen molar-refractivity contribution in [2.45, 2.75) is 26.1 Å². The number of anilines is 1. The van der Waals surface area contributed by atoms with Crippen molar-refractivity contribution in [3.8, 4) is 0 Å². The molecule has 0 unspecified atom stereocenters. The Hall–Kier alpha value is -3.18. The van der Waals surface area contributed by atoms with Crippen molar-refractivity contribution in [1.82, 2.24) is 4.57 Å². The molecule has 1 aromatic heterocycles.